The third-order valence-electron chi connectivity index (χ3n) is 5.98. The van der Waals surface area contributed by atoms with Crippen molar-refractivity contribution >= 4 is 28.9 Å². The lowest BCUT2D eigenvalue weighted by Gasteiger charge is -2.50. The van der Waals surface area contributed by atoms with Crippen LogP contribution in [0.1, 0.15) is 56.1 Å². The van der Waals surface area contributed by atoms with Crippen LogP contribution in [-0.4, -0.2) is 34.0 Å². The van der Waals surface area contributed by atoms with Crippen LogP contribution >= 0.6 is 12.2 Å². The van der Waals surface area contributed by atoms with Gasteiger partial charge in [0.2, 0.25) is 5.91 Å². The third kappa shape index (κ3) is 3.88. The average molecular weight is 372 g/mol. The van der Waals surface area contributed by atoms with Gasteiger partial charge in [0.05, 0.1) is 0 Å². The fourth-order valence-electron chi connectivity index (χ4n) is 4.73. The van der Waals surface area contributed by atoms with Crippen molar-refractivity contribution in [2.45, 2.75) is 76.9 Å². The number of thiocarbonyl (C=S) groups is 1. The molecular formula is C21H29N3OS. The molecule has 2 bridgehead atoms. The Balaban J connectivity index is 1.43. The molecule has 1 saturated carbocycles. The van der Waals surface area contributed by atoms with Gasteiger partial charge in [0.25, 0.3) is 0 Å². The molecular weight excluding hydrogens is 342 g/mol. The number of hydrogen-bond donors (Lipinski definition) is 2. The normalized spacial score (nSPS) is 27.8. The number of hydrogen-bond acceptors (Lipinski definition) is 2. The predicted molar refractivity (Wildman–Crippen MR) is 109 cm³/mol. The molecule has 1 aliphatic carbocycles. The number of rotatable bonds is 3. The summed E-state index contributed by atoms with van der Waals surface area (Å²) < 4.78 is 0. The third-order valence-corrected chi connectivity index (χ3v) is 6.29. The summed E-state index contributed by atoms with van der Waals surface area (Å²) in [4.78, 5) is 14.6. The van der Waals surface area contributed by atoms with E-state index in [1.165, 1.54) is 30.4 Å². The maximum atomic E-state index is 12.2. The molecule has 140 valence electrons. The van der Waals surface area contributed by atoms with Gasteiger partial charge in [-0.1, -0.05) is 6.07 Å². The Morgan fingerprint density at radius 1 is 1.04 bits per heavy atom. The molecule has 1 amide bonds. The van der Waals surface area contributed by atoms with Gasteiger partial charge < -0.3 is 15.5 Å². The Morgan fingerprint density at radius 3 is 2.23 bits per heavy atom. The molecule has 2 N–H and O–H groups in total. The van der Waals surface area contributed by atoms with Crippen molar-refractivity contribution in [3.63, 3.8) is 0 Å². The monoisotopic (exact) mass is 371 g/mol. The first-order valence-corrected chi connectivity index (χ1v) is 10.4. The summed E-state index contributed by atoms with van der Waals surface area (Å²) >= 11 is 5.80. The van der Waals surface area contributed by atoms with Gasteiger partial charge in [-0.25, -0.2) is 0 Å². The number of anilines is 1. The highest BCUT2D eigenvalue weighted by Gasteiger charge is 2.41. The van der Waals surface area contributed by atoms with Crippen molar-refractivity contribution in [1.29, 1.82) is 0 Å². The zero-order chi connectivity index (χ0) is 18.3. The van der Waals surface area contributed by atoms with Gasteiger partial charge in [-0.3, -0.25) is 4.79 Å². The van der Waals surface area contributed by atoms with Crippen molar-refractivity contribution in [2.24, 2.45) is 5.92 Å². The van der Waals surface area contributed by atoms with E-state index in [4.69, 9.17) is 12.2 Å². The summed E-state index contributed by atoms with van der Waals surface area (Å²) in [6.07, 6.45) is 7.78. The van der Waals surface area contributed by atoms with Crippen molar-refractivity contribution in [3.05, 3.63) is 29.3 Å². The summed E-state index contributed by atoms with van der Waals surface area (Å²) in [5.74, 6) is 0.567. The lowest BCUT2D eigenvalue weighted by molar-refractivity contribution is -0.123. The Hall–Kier alpha value is -1.62. The Bertz CT molecular complexity index is 681. The molecule has 5 heteroatoms. The topological polar surface area (TPSA) is 44.4 Å². The first-order chi connectivity index (χ1) is 12.5. The van der Waals surface area contributed by atoms with E-state index in [0.29, 0.717) is 24.0 Å². The number of fused-ring (bicyclic) bond motifs is 2. The van der Waals surface area contributed by atoms with Gasteiger partial charge in [0, 0.05) is 29.7 Å². The Kier molecular flexibility index (Phi) is 4.91. The van der Waals surface area contributed by atoms with Crippen molar-refractivity contribution in [2.75, 3.05) is 5.32 Å². The lowest BCUT2D eigenvalue weighted by Crippen LogP contribution is -2.59. The Labute approximate surface area is 161 Å². The molecule has 0 radical (unpaired) electrons. The van der Waals surface area contributed by atoms with Gasteiger partial charge in [0.1, 0.15) is 0 Å². The van der Waals surface area contributed by atoms with Crippen LogP contribution in [0.5, 0.6) is 0 Å². The van der Waals surface area contributed by atoms with E-state index < -0.39 is 0 Å². The van der Waals surface area contributed by atoms with Crippen LogP contribution in [-0.2, 0) is 4.79 Å². The van der Waals surface area contributed by atoms with Crippen LogP contribution in [0.4, 0.5) is 5.69 Å². The quantitative estimate of drug-likeness (QED) is 0.791. The molecule has 2 heterocycles. The number of carbonyl (C=O) groups is 1. The van der Waals surface area contributed by atoms with Gasteiger partial charge in [-0.2, -0.15) is 0 Å². The molecule has 3 aliphatic rings. The van der Waals surface area contributed by atoms with Gasteiger partial charge >= 0.3 is 0 Å². The Morgan fingerprint density at radius 2 is 1.65 bits per heavy atom. The predicted octanol–water partition coefficient (Wildman–Crippen LogP) is 3.91. The number of aryl methyl sites for hydroxylation is 2. The van der Waals surface area contributed by atoms with E-state index >= 15 is 0 Å². The summed E-state index contributed by atoms with van der Waals surface area (Å²) in [5, 5.41) is 7.62. The van der Waals surface area contributed by atoms with Gasteiger partial charge in [-0.05, 0) is 94.3 Å². The van der Waals surface area contributed by atoms with E-state index in [0.717, 1.165) is 36.5 Å². The van der Waals surface area contributed by atoms with Crippen LogP contribution in [0.15, 0.2) is 18.2 Å². The van der Waals surface area contributed by atoms with Crippen LogP contribution < -0.4 is 10.6 Å². The van der Waals surface area contributed by atoms with Crippen LogP contribution in [0.2, 0.25) is 0 Å². The van der Waals surface area contributed by atoms with Gasteiger partial charge in [-0.15, -0.1) is 0 Å². The number of piperidine rings is 2. The summed E-state index contributed by atoms with van der Waals surface area (Å²) in [6.45, 7) is 4.23. The standard InChI is InChI=1S/C21H29N3OS/c1-13-8-14(2)10-16(9-13)23-21(26)24-18-4-3-5-19(24)12-17(11-18)22-20(25)15-6-7-15/h8-10,15,17-19H,3-7,11-12H2,1-2H3,(H,22,25)(H,23,26)/t17?,18-,19+. The summed E-state index contributed by atoms with van der Waals surface area (Å²) in [6, 6.07) is 7.68. The zero-order valence-corrected chi connectivity index (χ0v) is 16.6. The number of nitrogens with zero attached hydrogens (tertiary/aromatic N) is 1. The molecule has 1 aromatic rings. The van der Waals surface area contributed by atoms with E-state index in [2.05, 4.69) is 47.6 Å². The SMILES string of the molecule is Cc1cc(C)cc(NC(=S)N2[C@@H]3CCC[C@H]2CC(NC(=O)C2CC2)C3)c1. The zero-order valence-electron chi connectivity index (χ0n) is 15.8. The molecule has 2 saturated heterocycles. The highest BCUT2D eigenvalue weighted by atomic mass is 32.1. The molecule has 4 rings (SSSR count). The number of carbonyl (C=O) groups excluding carboxylic acids is 1. The highest BCUT2D eigenvalue weighted by Crippen LogP contribution is 2.36. The van der Waals surface area contributed by atoms with Crippen molar-refractivity contribution in [3.8, 4) is 0 Å². The van der Waals surface area contributed by atoms with Crippen LogP contribution in [0.3, 0.4) is 0 Å². The van der Waals surface area contributed by atoms with E-state index in [1.807, 2.05) is 0 Å². The maximum Gasteiger partial charge on any atom is 0.223 e. The molecule has 3 atom stereocenters. The average Bonchev–Trinajstić information content (AvgIpc) is 3.37. The summed E-state index contributed by atoms with van der Waals surface area (Å²) in [7, 11) is 0. The molecule has 1 unspecified atom stereocenters. The fourth-order valence-corrected chi connectivity index (χ4v) is 5.15. The first-order valence-electron chi connectivity index (χ1n) is 9.97. The second kappa shape index (κ2) is 7.18. The second-order valence-electron chi connectivity index (χ2n) is 8.40. The second-order valence-corrected chi connectivity index (χ2v) is 8.79. The minimum absolute atomic E-state index is 0.275. The number of nitrogens with one attached hydrogen (secondary N) is 2. The molecule has 2 aliphatic heterocycles. The molecule has 1 aromatic carbocycles. The van der Waals surface area contributed by atoms with E-state index in [1.54, 1.807) is 0 Å². The van der Waals surface area contributed by atoms with Crippen LogP contribution in [0.25, 0.3) is 0 Å². The molecule has 0 spiro atoms. The lowest BCUT2D eigenvalue weighted by atomic mass is 9.82. The number of benzene rings is 1. The summed E-state index contributed by atoms with van der Waals surface area (Å²) in [5.41, 5.74) is 3.57. The molecule has 4 nitrogen and oxygen atoms in total. The fraction of sp³-hybridized carbons (Fsp3) is 0.619. The number of amides is 1. The first kappa shape index (κ1) is 17.8. The maximum absolute atomic E-state index is 12.2. The minimum atomic E-state index is 0.275. The van der Waals surface area contributed by atoms with E-state index in [9.17, 15) is 4.79 Å². The molecule has 26 heavy (non-hydrogen) atoms. The molecule has 0 aromatic heterocycles. The van der Waals surface area contributed by atoms with Crippen LogP contribution in [0, 0.1) is 19.8 Å². The highest BCUT2D eigenvalue weighted by molar-refractivity contribution is 7.80. The van der Waals surface area contributed by atoms with Crippen molar-refractivity contribution in [1.82, 2.24) is 10.2 Å². The van der Waals surface area contributed by atoms with Gasteiger partial charge in [0.15, 0.2) is 5.11 Å². The smallest absolute Gasteiger partial charge is 0.223 e. The largest absolute Gasteiger partial charge is 0.353 e. The van der Waals surface area contributed by atoms with Crippen molar-refractivity contribution < 1.29 is 4.79 Å². The minimum Gasteiger partial charge on any atom is -0.353 e. The van der Waals surface area contributed by atoms with E-state index in [-0.39, 0.29) is 5.91 Å². The molecule has 3 fully saturated rings.